The highest BCUT2D eigenvalue weighted by atomic mass is 32.1. The zero-order valence-electron chi connectivity index (χ0n) is 27.9. The minimum absolute atomic E-state index is 0.875. The Hall–Kier alpha value is -6.20. The first-order valence-electron chi connectivity index (χ1n) is 17.5. The normalized spacial score (nSPS) is 11.8. The highest BCUT2D eigenvalue weighted by molar-refractivity contribution is 7.26. The number of furan rings is 1. The number of fused-ring (bicyclic) bond motifs is 9. The fraction of sp³-hybridized carbons (Fsp3) is 0. The second kappa shape index (κ2) is 11.7. The van der Waals surface area contributed by atoms with Crippen LogP contribution in [0.15, 0.2) is 180 Å². The molecule has 0 fully saturated rings. The van der Waals surface area contributed by atoms with Crippen molar-refractivity contribution >= 4 is 102 Å². The van der Waals surface area contributed by atoms with Crippen LogP contribution in [-0.2, 0) is 0 Å². The number of rotatable bonds is 5. The molecule has 11 rings (SSSR count). The first-order valence-corrected chi connectivity index (χ1v) is 19.1. The Bertz CT molecular complexity index is 3150. The smallest absolute Gasteiger partial charge is 0.159 e. The van der Waals surface area contributed by atoms with Crippen LogP contribution in [0.25, 0.3) is 84.5 Å². The monoisotopic (exact) mass is 699 g/mol. The fourth-order valence-electron chi connectivity index (χ4n) is 7.83. The first kappa shape index (κ1) is 29.5. The second-order valence-electron chi connectivity index (χ2n) is 13.3. The maximum absolute atomic E-state index is 6.63. The highest BCUT2D eigenvalue weighted by Gasteiger charge is 2.20. The predicted octanol–water partition coefficient (Wildman–Crippen LogP) is 15.1. The standard InChI is InChI=1S/C48H29NOS2/c1-4-19-43-36(12-1)40-16-9-18-42(47(40)50-43)49(33-25-22-30(23-26-33)31-24-27-39-37-13-2-5-20-44(37)51-46(39)29-31)34-11-7-10-32(28-34)35-15-8-17-41-38-14-3-6-21-45(38)52-48(35)41/h1-29H. The molecule has 4 heteroatoms. The van der Waals surface area contributed by atoms with Gasteiger partial charge in [0.1, 0.15) is 5.58 Å². The van der Waals surface area contributed by atoms with Gasteiger partial charge in [0.15, 0.2) is 5.58 Å². The van der Waals surface area contributed by atoms with Crippen LogP contribution < -0.4 is 4.90 Å². The molecular formula is C48H29NOS2. The van der Waals surface area contributed by atoms with Crippen molar-refractivity contribution in [1.29, 1.82) is 0 Å². The third-order valence-electron chi connectivity index (χ3n) is 10.3. The van der Waals surface area contributed by atoms with E-state index in [0.29, 0.717) is 0 Å². The van der Waals surface area contributed by atoms with E-state index in [-0.39, 0.29) is 0 Å². The molecule has 3 aromatic heterocycles. The summed E-state index contributed by atoms with van der Waals surface area (Å²) in [6.07, 6.45) is 0. The summed E-state index contributed by atoms with van der Waals surface area (Å²) in [6, 6.07) is 63.6. The molecule has 0 N–H and O–H groups in total. The van der Waals surface area contributed by atoms with Gasteiger partial charge in [0.2, 0.25) is 0 Å². The maximum atomic E-state index is 6.63. The summed E-state index contributed by atoms with van der Waals surface area (Å²) in [4.78, 5) is 2.35. The summed E-state index contributed by atoms with van der Waals surface area (Å²) in [5.74, 6) is 0. The Morgan fingerprint density at radius 1 is 0.385 bits per heavy atom. The van der Waals surface area contributed by atoms with Crippen LogP contribution in [0.1, 0.15) is 0 Å². The lowest BCUT2D eigenvalue weighted by Crippen LogP contribution is -2.10. The van der Waals surface area contributed by atoms with Crippen molar-refractivity contribution < 1.29 is 4.42 Å². The summed E-state index contributed by atoms with van der Waals surface area (Å²) in [5, 5.41) is 7.49. The van der Waals surface area contributed by atoms with Gasteiger partial charge in [-0.15, -0.1) is 22.7 Å². The van der Waals surface area contributed by atoms with Crippen molar-refractivity contribution in [2.75, 3.05) is 4.90 Å². The second-order valence-corrected chi connectivity index (χ2v) is 15.4. The minimum atomic E-state index is 0.875. The van der Waals surface area contributed by atoms with Crippen molar-refractivity contribution in [3.05, 3.63) is 176 Å². The van der Waals surface area contributed by atoms with E-state index in [1.54, 1.807) is 0 Å². The van der Waals surface area contributed by atoms with Crippen LogP contribution >= 0.6 is 22.7 Å². The Morgan fingerprint density at radius 2 is 1.04 bits per heavy atom. The number of anilines is 3. The molecule has 0 unspecified atom stereocenters. The number of hydrogen-bond acceptors (Lipinski definition) is 4. The molecule has 0 amide bonds. The Morgan fingerprint density at radius 3 is 1.90 bits per heavy atom. The molecule has 52 heavy (non-hydrogen) atoms. The zero-order chi connectivity index (χ0) is 34.2. The molecule has 11 aromatic rings. The van der Waals surface area contributed by atoms with E-state index in [1.807, 2.05) is 28.7 Å². The zero-order valence-corrected chi connectivity index (χ0v) is 29.5. The van der Waals surface area contributed by atoms with Gasteiger partial charge in [0.05, 0.1) is 5.69 Å². The lowest BCUT2D eigenvalue weighted by atomic mass is 10.0. The van der Waals surface area contributed by atoms with E-state index in [0.717, 1.165) is 39.0 Å². The largest absolute Gasteiger partial charge is 0.454 e. The summed E-state index contributed by atoms with van der Waals surface area (Å²) in [6.45, 7) is 0. The van der Waals surface area contributed by atoms with Gasteiger partial charge in [-0.05, 0) is 76.9 Å². The van der Waals surface area contributed by atoms with Gasteiger partial charge in [-0.2, -0.15) is 0 Å². The third kappa shape index (κ3) is 4.62. The molecule has 0 aliphatic heterocycles. The maximum Gasteiger partial charge on any atom is 0.159 e. The van der Waals surface area contributed by atoms with Crippen LogP contribution in [0.5, 0.6) is 0 Å². The molecule has 0 spiro atoms. The predicted molar refractivity (Wildman–Crippen MR) is 225 cm³/mol. The van der Waals surface area contributed by atoms with Crippen molar-refractivity contribution in [3.8, 4) is 22.3 Å². The number of thiophene rings is 2. The highest BCUT2D eigenvalue weighted by Crippen LogP contribution is 2.45. The number of para-hydroxylation sites is 2. The molecule has 0 atom stereocenters. The van der Waals surface area contributed by atoms with Gasteiger partial charge in [0.25, 0.3) is 0 Å². The molecule has 0 aliphatic rings. The number of nitrogens with zero attached hydrogens (tertiary/aromatic N) is 1. The SMILES string of the molecule is c1cc(-c2cccc3c2sc2ccccc23)cc(N(c2ccc(-c3ccc4c(c3)sc3ccccc34)cc2)c2cccc3c2oc2ccccc23)c1. The van der Waals surface area contributed by atoms with Crippen LogP contribution in [0.3, 0.4) is 0 Å². The molecule has 2 nitrogen and oxygen atoms in total. The molecule has 0 saturated carbocycles. The number of hydrogen-bond donors (Lipinski definition) is 0. The van der Waals surface area contributed by atoms with Crippen LogP contribution in [0.2, 0.25) is 0 Å². The van der Waals surface area contributed by atoms with E-state index in [4.69, 9.17) is 4.42 Å². The molecule has 0 bridgehead atoms. The average molecular weight is 700 g/mol. The summed E-state index contributed by atoms with van der Waals surface area (Å²) >= 11 is 3.73. The van der Waals surface area contributed by atoms with E-state index in [2.05, 4.69) is 175 Å². The molecule has 3 heterocycles. The fourth-order valence-corrected chi connectivity index (χ4v) is 10.2. The molecule has 244 valence electrons. The summed E-state index contributed by atoms with van der Waals surface area (Å²) < 4.78 is 11.9. The lowest BCUT2D eigenvalue weighted by Gasteiger charge is -2.26. The van der Waals surface area contributed by atoms with Gasteiger partial charge >= 0.3 is 0 Å². The van der Waals surface area contributed by atoms with Crippen molar-refractivity contribution in [1.82, 2.24) is 0 Å². The summed E-state index contributed by atoms with van der Waals surface area (Å²) in [7, 11) is 0. The van der Waals surface area contributed by atoms with E-state index < -0.39 is 0 Å². The van der Waals surface area contributed by atoms with E-state index >= 15 is 0 Å². The molecule has 8 aromatic carbocycles. The first-order chi connectivity index (χ1) is 25.8. The van der Waals surface area contributed by atoms with Gasteiger partial charge in [-0.25, -0.2) is 0 Å². The van der Waals surface area contributed by atoms with Gasteiger partial charge < -0.3 is 9.32 Å². The van der Waals surface area contributed by atoms with E-state index in [9.17, 15) is 0 Å². The molecule has 0 aliphatic carbocycles. The topological polar surface area (TPSA) is 16.4 Å². The van der Waals surface area contributed by atoms with Crippen LogP contribution in [0, 0.1) is 0 Å². The molecular weight excluding hydrogens is 671 g/mol. The van der Waals surface area contributed by atoms with Gasteiger partial charge in [-0.3, -0.25) is 0 Å². The third-order valence-corrected chi connectivity index (χ3v) is 12.6. The minimum Gasteiger partial charge on any atom is -0.454 e. The van der Waals surface area contributed by atoms with E-state index in [1.165, 1.54) is 62.6 Å². The van der Waals surface area contributed by atoms with Crippen molar-refractivity contribution in [2.45, 2.75) is 0 Å². The Balaban J connectivity index is 1.07. The average Bonchev–Trinajstić information content (AvgIpc) is 3.90. The molecule has 0 radical (unpaired) electrons. The van der Waals surface area contributed by atoms with Gasteiger partial charge in [0, 0.05) is 62.5 Å². The number of benzene rings is 8. The van der Waals surface area contributed by atoms with Gasteiger partial charge in [-0.1, -0.05) is 121 Å². The Kier molecular flexibility index (Phi) is 6.63. The Labute approximate surface area is 308 Å². The van der Waals surface area contributed by atoms with Crippen LogP contribution in [0.4, 0.5) is 17.1 Å². The van der Waals surface area contributed by atoms with Crippen LogP contribution in [-0.4, -0.2) is 0 Å². The lowest BCUT2D eigenvalue weighted by molar-refractivity contribution is 0.669. The summed E-state index contributed by atoms with van der Waals surface area (Å²) in [5.41, 5.74) is 9.75. The van der Waals surface area contributed by atoms with Crippen molar-refractivity contribution in [3.63, 3.8) is 0 Å². The quantitative estimate of drug-likeness (QED) is 0.178. The van der Waals surface area contributed by atoms with Crippen molar-refractivity contribution in [2.24, 2.45) is 0 Å². The molecule has 0 saturated heterocycles.